The molecular formula is C22H30FN5OS. The van der Waals surface area contributed by atoms with Gasteiger partial charge in [-0.25, -0.2) is 4.39 Å². The highest BCUT2D eigenvalue weighted by Gasteiger charge is 2.21. The van der Waals surface area contributed by atoms with Gasteiger partial charge in [0, 0.05) is 70.3 Å². The standard InChI is InChI=1S/C22H30FN5OS/c1-24-22(26(2)12-10-20-4-3-17-30-20)25-11-9-21(29)28-15-13-27(14-16-28)19-7-5-18(23)6-8-19/h3-8,17H,9-16H2,1-2H3,(H,24,25). The number of carbonyl (C=O) groups excluding carboxylic acids is 1. The minimum Gasteiger partial charge on any atom is -0.368 e. The van der Waals surface area contributed by atoms with E-state index in [1.54, 1.807) is 30.5 Å². The van der Waals surface area contributed by atoms with Crippen LogP contribution in [-0.2, 0) is 11.2 Å². The first kappa shape index (κ1) is 22.1. The largest absolute Gasteiger partial charge is 0.368 e. The van der Waals surface area contributed by atoms with Gasteiger partial charge in [0.25, 0.3) is 0 Å². The third-order valence-corrected chi connectivity index (χ3v) is 6.23. The summed E-state index contributed by atoms with van der Waals surface area (Å²) in [5.74, 6) is 0.727. The summed E-state index contributed by atoms with van der Waals surface area (Å²) in [6.07, 6.45) is 1.42. The van der Waals surface area contributed by atoms with Gasteiger partial charge < -0.3 is 20.0 Å². The first-order chi connectivity index (χ1) is 14.6. The summed E-state index contributed by atoms with van der Waals surface area (Å²) in [5, 5.41) is 5.39. The maximum atomic E-state index is 13.1. The van der Waals surface area contributed by atoms with E-state index in [-0.39, 0.29) is 11.7 Å². The Hall–Kier alpha value is -2.61. The zero-order valence-corrected chi connectivity index (χ0v) is 18.5. The lowest BCUT2D eigenvalue weighted by atomic mass is 10.2. The highest BCUT2D eigenvalue weighted by molar-refractivity contribution is 7.09. The van der Waals surface area contributed by atoms with Gasteiger partial charge in [0.1, 0.15) is 5.82 Å². The van der Waals surface area contributed by atoms with E-state index in [0.717, 1.165) is 37.7 Å². The quantitative estimate of drug-likeness (QED) is 0.541. The Morgan fingerprint density at radius 2 is 1.93 bits per heavy atom. The van der Waals surface area contributed by atoms with Crippen LogP contribution in [0.2, 0.25) is 0 Å². The van der Waals surface area contributed by atoms with Crippen molar-refractivity contribution in [2.45, 2.75) is 12.8 Å². The van der Waals surface area contributed by atoms with Crippen molar-refractivity contribution in [2.24, 2.45) is 4.99 Å². The Morgan fingerprint density at radius 3 is 2.57 bits per heavy atom. The van der Waals surface area contributed by atoms with Crippen molar-refractivity contribution >= 4 is 28.9 Å². The summed E-state index contributed by atoms with van der Waals surface area (Å²) in [6.45, 7) is 4.33. The van der Waals surface area contributed by atoms with Crippen molar-refractivity contribution in [2.75, 3.05) is 58.3 Å². The van der Waals surface area contributed by atoms with E-state index >= 15 is 0 Å². The lowest BCUT2D eigenvalue weighted by molar-refractivity contribution is -0.131. The molecule has 1 aromatic carbocycles. The molecule has 8 heteroatoms. The predicted molar refractivity (Wildman–Crippen MR) is 122 cm³/mol. The number of piperazine rings is 1. The van der Waals surface area contributed by atoms with Gasteiger partial charge >= 0.3 is 0 Å². The number of benzene rings is 1. The number of nitrogens with zero attached hydrogens (tertiary/aromatic N) is 4. The number of amides is 1. The number of thiophene rings is 1. The summed E-state index contributed by atoms with van der Waals surface area (Å²) in [6, 6.07) is 10.7. The molecule has 0 aliphatic carbocycles. The molecule has 30 heavy (non-hydrogen) atoms. The second-order valence-electron chi connectivity index (χ2n) is 7.32. The average Bonchev–Trinajstić information content (AvgIpc) is 3.29. The molecule has 0 spiro atoms. The number of hydrogen-bond donors (Lipinski definition) is 1. The highest BCUT2D eigenvalue weighted by atomic mass is 32.1. The number of nitrogens with one attached hydrogen (secondary N) is 1. The molecule has 2 heterocycles. The molecule has 2 aromatic rings. The molecule has 6 nitrogen and oxygen atoms in total. The van der Waals surface area contributed by atoms with Crippen LogP contribution in [0.25, 0.3) is 0 Å². The molecule has 1 N–H and O–H groups in total. The number of anilines is 1. The average molecular weight is 432 g/mol. The molecule has 3 rings (SSSR count). The smallest absolute Gasteiger partial charge is 0.224 e. The maximum Gasteiger partial charge on any atom is 0.224 e. The van der Waals surface area contributed by atoms with E-state index in [4.69, 9.17) is 0 Å². The Labute approximate surface area is 182 Å². The summed E-state index contributed by atoms with van der Waals surface area (Å²) in [4.78, 5) is 24.4. The number of halogens is 1. The Morgan fingerprint density at radius 1 is 1.20 bits per heavy atom. The van der Waals surface area contributed by atoms with Crippen molar-refractivity contribution in [1.29, 1.82) is 0 Å². The fourth-order valence-corrected chi connectivity index (χ4v) is 4.23. The zero-order chi connectivity index (χ0) is 21.3. The molecule has 0 bridgehead atoms. The monoisotopic (exact) mass is 431 g/mol. The van der Waals surface area contributed by atoms with Crippen LogP contribution in [0.1, 0.15) is 11.3 Å². The van der Waals surface area contributed by atoms with Gasteiger partial charge in [0.05, 0.1) is 0 Å². The van der Waals surface area contributed by atoms with Crippen LogP contribution in [0, 0.1) is 5.82 Å². The van der Waals surface area contributed by atoms with Gasteiger partial charge in [-0.2, -0.15) is 0 Å². The minimum absolute atomic E-state index is 0.151. The van der Waals surface area contributed by atoms with Gasteiger partial charge in [0.2, 0.25) is 5.91 Å². The molecule has 0 atom stereocenters. The van der Waals surface area contributed by atoms with Gasteiger partial charge in [-0.05, 0) is 42.1 Å². The summed E-state index contributed by atoms with van der Waals surface area (Å²) in [7, 11) is 3.78. The summed E-state index contributed by atoms with van der Waals surface area (Å²) < 4.78 is 13.1. The third kappa shape index (κ3) is 6.19. The fraction of sp³-hybridized carbons (Fsp3) is 0.455. The van der Waals surface area contributed by atoms with Crippen molar-refractivity contribution in [3.05, 3.63) is 52.5 Å². The van der Waals surface area contributed by atoms with Crippen LogP contribution in [0.5, 0.6) is 0 Å². The van der Waals surface area contributed by atoms with Crippen LogP contribution in [0.15, 0.2) is 46.8 Å². The highest BCUT2D eigenvalue weighted by Crippen LogP contribution is 2.17. The molecular weight excluding hydrogens is 401 g/mol. The molecule has 1 aromatic heterocycles. The Bertz CT molecular complexity index is 817. The molecule has 1 amide bonds. The zero-order valence-electron chi connectivity index (χ0n) is 17.7. The van der Waals surface area contributed by atoms with Crippen molar-refractivity contribution in [1.82, 2.24) is 15.1 Å². The lowest BCUT2D eigenvalue weighted by Gasteiger charge is -2.36. The van der Waals surface area contributed by atoms with Crippen molar-refractivity contribution in [3.63, 3.8) is 0 Å². The minimum atomic E-state index is -0.229. The normalized spacial score (nSPS) is 14.7. The van der Waals surface area contributed by atoms with E-state index in [2.05, 4.69) is 37.6 Å². The van der Waals surface area contributed by atoms with Gasteiger partial charge in [-0.3, -0.25) is 9.79 Å². The second kappa shape index (κ2) is 11.0. The van der Waals surface area contributed by atoms with E-state index in [0.29, 0.717) is 26.1 Å². The van der Waals surface area contributed by atoms with E-state index in [9.17, 15) is 9.18 Å². The number of aliphatic imine (C=N–C) groups is 1. The van der Waals surface area contributed by atoms with E-state index < -0.39 is 0 Å². The van der Waals surface area contributed by atoms with Gasteiger partial charge in [-0.15, -0.1) is 11.3 Å². The molecule has 0 unspecified atom stereocenters. The first-order valence-corrected chi connectivity index (χ1v) is 11.2. The second-order valence-corrected chi connectivity index (χ2v) is 8.35. The SMILES string of the molecule is CN=C(NCCC(=O)N1CCN(c2ccc(F)cc2)CC1)N(C)CCc1cccs1. The summed E-state index contributed by atoms with van der Waals surface area (Å²) >= 11 is 1.76. The fourth-order valence-electron chi connectivity index (χ4n) is 3.53. The lowest BCUT2D eigenvalue weighted by Crippen LogP contribution is -2.49. The predicted octanol–water partition coefficient (Wildman–Crippen LogP) is 2.68. The molecule has 1 aliphatic heterocycles. The van der Waals surface area contributed by atoms with E-state index in [1.807, 2.05) is 11.9 Å². The summed E-state index contributed by atoms with van der Waals surface area (Å²) in [5.41, 5.74) is 1.000. The molecule has 1 aliphatic rings. The molecule has 162 valence electrons. The van der Waals surface area contributed by atoms with Crippen LogP contribution in [0.3, 0.4) is 0 Å². The molecule has 0 radical (unpaired) electrons. The van der Waals surface area contributed by atoms with Crippen LogP contribution >= 0.6 is 11.3 Å². The third-order valence-electron chi connectivity index (χ3n) is 5.29. The van der Waals surface area contributed by atoms with Crippen LogP contribution in [0.4, 0.5) is 10.1 Å². The Kier molecular flexibility index (Phi) is 8.07. The molecule has 1 saturated heterocycles. The van der Waals surface area contributed by atoms with E-state index in [1.165, 1.54) is 17.0 Å². The number of rotatable bonds is 7. The number of likely N-dealkylation sites (N-methyl/N-ethyl adjacent to an activating group) is 1. The molecule has 1 fully saturated rings. The van der Waals surface area contributed by atoms with Gasteiger partial charge in [0.15, 0.2) is 5.96 Å². The number of hydrogen-bond acceptors (Lipinski definition) is 4. The molecule has 0 saturated carbocycles. The van der Waals surface area contributed by atoms with Crippen molar-refractivity contribution in [3.8, 4) is 0 Å². The van der Waals surface area contributed by atoms with Crippen molar-refractivity contribution < 1.29 is 9.18 Å². The van der Waals surface area contributed by atoms with Crippen LogP contribution < -0.4 is 10.2 Å². The van der Waals surface area contributed by atoms with Crippen LogP contribution in [-0.4, -0.2) is 75.0 Å². The Balaban J connectivity index is 1.37. The maximum absolute atomic E-state index is 13.1. The topological polar surface area (TPSA) is 51.2 Å². The number of carbonyl (C=O) groups is 1. The first-order valence-electron chi connectivity index (χ1n) is 10.3. The number of guanidine groups is 1. The van der Waals surface area contributed by atoms with Gasteiger partial charge in [-0.1, -0.05) is 6.07 Å².